The van der Waals surface area contributed by atoms with E-state index in [-0.39, 0.29) is 11.1 Å². The Morgan fingerprint density at radius 3 is 2.15 bits per heavy atom. The lowest BCUT2D eigenvalue weighted by Gasteiger charge is -2.15. The molecule has 0 amide bonds. The van der Waals surface area contributed by atoms with Crippen LogP contribution in [-0.2, 0) is 12.8 Å². The summed E-state index contributed by atoms with van der Waals surface area (Å²) in [6.45, 7) is 4.45. The number of carboxylic acid groups (broad SMARTS) is 2. The van der Waals surface area contributed by atoms with Crippen molar-refractivity contribution in [2.75, 3.05) is 0 Å². The highest BCUT2D eigenvalue weighted by molar-refractivity contribution is 5.93. The molecule has 2 rings (SSSR count). The zero-order valence-corrected chi connectivity index (χ0v) is 16.1. The summed E-state index contributed by atoms with van der Waals surface area (Å²) < 4.78 is 0. The summed E-state index contributed by atoms with van der Waals surface area (Å²) in [7, 11) is 0. The summed E-state index contributed by atoms with van der Waals surface area (Å²) in [5.41, 5.74) is 3.04. The largest absolute Gasteiger partial charge is 0.478 e. The highest BCUT2D eigenvalue weighted by atomic mass is 16.4. The third-order valence-corrected chi connectivity index (χ3v) is 5.07. The van der Waals surface area contributed by atoms with Crippen LogP contribution in [0.15, 0.2) is 42.5 Å². The highest BCUT2D eigenvalue weighted by Gasteiger charge is 2.14. The van der Waals surface area contributed by atoms with Gasteiger partial charge in [-0.15, -0.1) is 0 Å². The maximum atomic E-state index is 11.4. The fourth-order valence-corrected chi connectivity index (χ4v) is 3.37. The van der Waals surface area contributed by atoms with Crippen LogP contribution in [0, 0.1) is 5.92 Å². The van der Waals surface area contributed by atoms with E-state index in [0.717, 1.165) is 12.0 Å². The van der Waals surface area contributed by atoms with Gasteiger partial charge in [0, 0.05) is 0 Å². The van der Waals surface area contributed by atoms with Crippen LogP contribution >= 0.6 is 0 Å². The molecular weight excluding hydrogens is 340 g/mol. The maximum Gasteiger partial charge on any atom is 0.335 e. The van der Waals surface area contributed by atoms with Gasteiger partial charge in [-0.1, -0.05) is 63.8 Å². The Bertz CT molecular complexity index is 777. The molecule has 0 saturated carbocycles. The number of aromatic carboxylic acids is 2. The van der Waals surface area contributed by atoms with Gasteiger partial charge < -0.3 is 10.2 Å². The van der Waals surface area contributed by atoms with Gasteiger partial charge in [-0.25, -0.2) is 9.59 Å². The van der Waals surface area contributed by atoms with E-state index in [2.05, 4.69) is 26.0 Å². The van der Waals surface area contributed by atoms with Crippen LogP contribution in [-0.4, -0.2) is 22.2 Å². The average molecular weight is 368 g/mol. The standard InChI is InChI=1S/C23H28O4/c1-3-5-6-16(4-2)13-17-7-9-18(10-8-17)14-20-15-19(22(24)25)11-12-21(20)23(26)27/h7-12,15-16H,3-6,13-14H2,1-2H3,(H,24,25)(H,26,27). The van der Waals surface area contributed by atoms with Gasteiger partial charge in [-0.05, 0) is 53.6 Å². The number of rotatable bonds is 10. The Balaban J connectivity index is 2.15. The number of hydrogen-bond acceptors (Lipinski definition) is 2. The van der Waals surface area contributed by atoms with Gasteiger partial charge in [0.25, 0.3) is 0 Å². The van der Waals surface area contributed by atoms with E-state index in [1.54, 1.807) is 0 Å². The molecule has 0 saturated heterocycles. The van der Waals surface area contributed by atoms with E-state index < -0.39 is 11.9 Å². The average Bonchev–Trinajstić information content (AvgIpc) is 2.66. The third kappa shape index (κ3) is 5.95. The molecule has 0 aromatic heterocycles. The Morgan fingerprint density at radius 2 is 1.59 bits per heavy atom. The molecule has 2 N–H and O–H groups in total. The molecule has 144 valence electrons. The summed E-state index contributed by atoms with van der Waals surface area (Å²) >= 11 is 0. The Hall–Kier alpha value is -2.62. The summed E-state index contributed by atoms with van der Waals surface area (Å²) in [6, 6.07) is 12.4. The van der Waals surface area contributed by atoms with Crippen LogP contribution in [0.2, 0.25) is 0 Å². The van der Waals surface area contributed by atoms with Crippen molar-refractivity contribution in [3.8, 4) is 0 Å². The molecule has 0 aliphatic carbocycles. The van der Waals surface area contributed by atoms with Crippen molar-refractivity contribution in [2.45, 2.75) is 52.4 Å². The molecule has 0 fully saturated rings. The van der Waals surface area contributed by atoms with E-state index >= 15 is 0 Å². The first-order valence-corrected chi connectivity index (χ1v) is 9.61. The van der Waals surface area contributed by atoms with Crippen molar-refractivity contribution < 1.29 is 19.8 Å². The van der Waals surface area contributed by atoms with Crippen LogP contribution < -0.4 is 0 Å². The minimum absolute atomic E-state index is 0.105. The molecule has 4 nitrogen and oxygen atoms in total. The molecule has 0 spiro atoms. The van der Waals surface area contributed by atoms with Gasteiger partial charge in [0.05, 0.1) is 11.1 Å². The molecule has 4 heteroatoms. The molecule has 2 aromatic rings. The van der Waals surface area contributed by atoms with Crippen LogP contribution in [0.4, 0.5) is 0 Å². The normalized spacial score (nSPS) is 11.9. The smallest absolute Gasteiger partial charge is 0.335 e. The van der Waals surface area contributed by atoms with Crippen molar-refractivity contribution in [3.63, 3.8) is 0 Å². The van der Waals surface area contributed by atoms with Crippen LogP contribution in [0.1, 0.15) is 76.9 Å². The predicted octanol–water partition coefficient (Wildman–Crippen LogP) is 5.43. The fraction of sp³-hybridized carbons (Fsp3) is 0.391. The number of benzene rings is 2. The number of carboxylic acids is 2. The molecule has 0 radical (unpaired) electrons. The van der Waals surface area contributed by atoms with Gasteiger partial charge in [-0.3, -0.25) is 0 Å². The molecule has 0 aliphatic heterocycles. The molecule has 1 unspecified atom stereocenters. The van der Waals surface area contributed by atoms with Crippen molar-refractivity contribution in [3.05, 3.63) is 70.3 Å². The van der Waals surface area contributed by atoms with Gasteiger partial charge in [0.15, 0.2) is 0 Å². The minimum Gasteiger partial charge on any atom is -0.478 e. The Kier molecular flexibility index (Phi) is 7.59. The van der Waals surface area contributed by atoms with Crippen molar-refractivity contribution in [1.82, 2.24) is 0 Å². The topological polar surface area (TPSA) is 74.6 Å². The third-order valence-electron chi connectivity index (χ3n) is 5.07. The zero-order chi connectivity index (χ0) is 19.8. The molecule has 0 heterocycles. The van der Waals surface area contributed by atoms with Gasteiger partial charge in [-0.2, -0.15) is 0 Å². The van der Waals surface area contributed by atoms with Gasteiger partial charge in [0.2, 0.25) is 0 Å². The molecular formula is C23H28O4. The molecule has 27 heavy (non-hydrogen) atoms. The van der Waals surface area contributed by atoms with Gasteiger partial charge >= 0.3 is 11.9 Å². The predicted molar refractivity (Wildman–Crippen MR) is 107 cm³/mol. The van der Waals surface area contributed by atoms with Crippen LogP contribution in [0.5, 0.6) is 0 Å². The monoisotopic (exact) mass is 368 g/mol. The Labute approximate surface area is 160 Å². The minimum atomic E-state index is -1.05. The quantitative estimate of drug-likeness (QED) is 0.586. The van der Waals surface area contributed by atoms with E-state index in [4.69, 9.17) is 5.11 Å². The highest BCUT2D eigenvalue weighted by Crippen LogP contribution is 2.21. The van der Waals surface area contributed by atoms with Crippen LogP contribution in [0.3, 0.4) is 0 Å². The van der Waals surface area contributed by atoms with E-state index in [1.165, 1.54) is 49.4 Å². The summed E-state index contributed by atoms with van der Waals surface area (Å²) in [4.78, 5) is 22.6. The Morgan fingerprint density at radius 1 is 0.926 bits per heavy atom. The second kappa shape index (κ2) is 9.91. The van der Waals surface area contributed by atoms with E-state index in [1.807, 2.05) is 12.1 Å². The molecule has 0 bridgehead atoms. The lowest BCUT2D eigenvalue weighted by atomic mass is 9.91. The fourth-order valence-electron chi connectivity index (χ4n) is 3.37. The summed E-state index contributed by atoms with van der Waals surface area (Å²) in [6.07, 6.45) is 6.36. The summed E-state index contributed by atoms with van der Waals surface area (Å²) in [5.74, 6) is -1.40. The number of unbranched alkanes of at least 4 members (excludes halogenated alkanes) is 1. The first kappa shape index (κ1) is 20.7. The number of carbonyl (C=O) groups is 2. The molecule has 0 aliphatic rings. The number of hydrogen-bond donors (Lipinski definition) is 2. The molecule has 2 aromatic carbocycles. The maximum absolute atomic E-state index is 11.4. The van der Waals surface area contributed by atoms with E-state index in [9.17, 15) is 14.7 Å². The zero-order valence-electron chi connectivity index (χ0n) is 16.1. The second-order valence-electron chi connectivity index (χ2n) is 7.10. The van der Waals surface area contributed by atoms with E-state index in [0.29, 0.717) is 17.9 Å². The lowest BCUT2D eigenvalue weighted by Crippen LogP contribution is -2.07. The SMILES string of the molecule is CCCCC(CC)Cc1ccc(Cc2cc(C(=O)O)ccc2C(=O)O)cc1. The first-order valence-electron chi connectivity index (χ1n) is 9.61. The second-order valence-corrected chi connectivity index (χ2v) is 7.10. The van der Waals surface area contributed by atoms with Crippen molar-refractivity contribution in [2.24, 2.45) is 5.92 Å². The van der Waals surface area contributed by atoms with Crippen molar-refractivity contribution in [1.29, 1.82) is 0 Å². The molecule has 1 atom stereocenters. The lowest BCUT2D eigenvalue weighted by molar-refractivity contribution is 0.0680. The van der Waals surface area contributed by atoms with Crippen molar-refractivity contribution >= 4 is 11.9 Å². The summed E-state index contributed by atoms with van der Waals surface area (Å²) in [5, 5.41) is 18.5. The van der Waals surface area contributed by atoms with Gasteiger partial charge in [0.1, 0.15) is 0 Å². The first-order chi connectivity index (χ1) is 12.9. The van der Waals surface area contributed by atoms with Crippen LogP contribution in [0.25, 0.3) is 0 Å².